The van der Waals surface area contributed by atoms with Crippen LogP contribution in [0.1, 0.15) is 16.1 Å². The van der Waals surface area contributed by atoms with Crippen molar-refractivity contribution in [1.82, 2.24) is 20.5 Å². The summed E-state index contributed by atoms with van der Waals surface area (Å²) in [5.41, 5.74) is 1.43. The maximum Gasteiger partial charge on any atom is 0.255 e. The molecular weight excluding hydrogens is 280 g/mol. The minimum atomic E-state index is -0.346. The number of likely N-dealkylation sites (N-methyl/N-ethyl adjacent to an activating group) is 1. The number of amides is 2. The van der Waals surface area contributed by atoms with Crippen LogP contribution >= 0.6 is 12.4 Å². The fraction of sp³-hybridized carbons (Fsp3) is 0.462. The Kier molecular flexibility index (Phi) is 5.91. The van der Waals surface area contributed by atoms with Gasteiger partial charge in [-0.25, -0.2) is 0 Å². The van der Waals surface area contributed by atoms with E-state index in [0.29, 0.717) is 25.2 Å². The van der Waals surface area contributed by atoms with E-state index in [1.54, 1.807) is 24.2 Å². The van der Waals surface area contributed by atoms with Crippen LogP contribution in [0.25, 0.3) is 0 Å². The van der Waals surface area contributed by atoms with E-state index in [9.17, 15) is 9.59 Å². The third-order valence-electron chi connectivity index (χ3n) is 3.18. The van der Waals surface area contributed by atoms with Gasteiger partial charge in [0, 0.05) is 38.6 Å². The first-order valence-corrected chi connectivity index (χ1v) is 6.28. The molecule has 0 aliphatic carbocycles. The molecule has 0 saturated carbocycles. The van der Waals surface area contributed by atoms with Crippen LogP contribution in [0, 0.1) is 6.92 Å². The van der Waals surface area contributed by atoms with Crippen LogP contribution in [-0.2, 0) is 4.79 Å². The number of nitrogens with one attached hydrogen (secondary N) is 2. The molecule has 1 saturated heterocycles. The molecule has 1 aromatic rings. The van der Waals surface area contributed by atoms with Gasteiger partial charge in [0.05, 0.1) is 5.56 Å². The second-order valence-electron chi connectivity index (χ2n) is 4.56. The lowest BCUT2D eigenvalue weighted by Gasteiger charge is -2.32. The Bertz CT molecular complexity index is 478. The van der Waals surface area contributed by atoms with Gasteiger partial charge in [-0.1, -0.05) is 0 Å². The molecule has 20 heavy (non-hydrogen) atoms. The average molecular weight is 299 g/mol. The monoisotopic (exact) mass is 298 g/mol. The van der Waals surface area contributed by atoms with E-state index in [1.165, 1.54) is 0 Å². The highest BCUT2D eigenvalue weighted by atomic mass is 35.5. The second-order valence-corrected chi connectivity index (χ2v) is 4.56. The van der Waals surface area contributed by atoms with Crippen LogP contribution in [-0.4, -0.2) is 54.4 Å². The fourth-order valence-electron chi connectivity index (χ4n) is 2.06. The van der Waals surface area contributed by atoms with Gasteiger partial charge in [-0.15, -0.1) is 12.4 Å². The molecule has 1 fully saturated rings. The molecule has 2 amide bonds. The standard InChI is InChI=1S/C13H18N4O2.ClH/c1-9-3-4-10(7-16-9)13(19)17-6-5-15-11(8-17)12(18)14-2;/h3-4,7,11,15H,5-6,8H2,1-2H3,(H,14,18);1H. The Labute approximate surface area is 124 Å². The molecule has 7 heteroatoms. The third kappa shape index (κ3) is 3.68. The zero-order valence-electron chi connectivity index (χ0n) is 11.5. The van der Waals surface area contributed by atoms with Gasteiger partial charge in [0.1, 0.15) is 6.04 Å². The zero-order valence-corrected chi connectivity index (χ0v) is 12.4. The van der Waals surface area contributed by atoms with Crippen molar-refractivity contribution in [2.45, 2.75) is 13.0 Å². The number of aromatic nitrogens is 1. The van der Waals surface area contributed by atoms with Crippen LogP contribution in [0.15, 0.2) is 18.3 Å². The number of hydrogen-bond donors (Lipinski definition) is 2. The van der Waals surface area contributed by atoms with Crippen LogP contribution < -0.4 is 10.6 Å². The minimum absolute atomic E-state index is 0. The number of hydrogen-bond acceptors (Lipinski definition) is 4. The highest BCUT2D eigenvalue weighted by Crippen LogP contribution is 2.08. The van der Waals surface area contributed by atoms with E-state index in [-0.39, 0.29) is 30.3 Å². The number of carbonyl (C=O) groups excluding carboxylic acids is 2. The molecule has 1 atom stereocenters. The minimum Gasteiger partial charge on any atom is -0.358 e. The first kappa shape index (κ1) is 16.4. The summed E-state index contributed by atoms with van der Waals surface area (Å²) >= 11 is 0. The molecule has 2 N–H and O–H groups in total. The van der Waals surface area contributed by atoms with Crippen LogP contribution in [0.4, 0.5) is 0 Å². The molecule has 6 nitrogen and oxygen atoms in total. The number of nitrogens with zero attached hydrogens (tertiary/aromatic N) is 2. The quantitative estimate of drug-likeness (QED) is 0.804. The second kappa shape index (κ2) is 7.21. The molecule has 1 aliphatic heterocycles. The first-order chi connectivity index (χ1) is 9.11. The molecule has 110 valence electrons. The number of carbonyl (C=O) groups is 2. The molecule has 1 aromatic heterocycles. The van der Waals surface area contributed by atoms with E-state index in [1.807, 2.05) is 13.0 Å². The van der Waals surface area contributed by atoms with Crippen molar-refractivity contribution >= 4 is 24.2 Å². The summed E-state index contributed by atoms with van der Waals surface area (Å²) in [6.07, 6.45) is 1.58. The molecule has 2 heterocycles. The van der Waals surface area contributed by atoms with Crippen LogP contribution in [0.3, 0.4) is 0 Å². The van der Waals surface area contributed by atoms with Crippen molar-refractivity contribution in [1.29, 1.82) is 0 Å². The fourth-order valence-corrected chi connectivity index (χ4v) is 2.06. The molecule has 1 unspecified atom stereocenters. The highest BCUT2D eigenvalue weighted by molar-refractivity contribution is 5.94. The molecule has 1 aliphatic rings. The predicted octanol–water partition coefficient (Wildman–Crippen LogP) is -0.0282. The summed E-state index contributed by atoms with van der Waals surface area (Å²) in [6.45, 7) is 3.47. The maximum atomic E-state index is 12.3. The smallest absolute Gasteiger partial charge is 0.255 e. The zero-order chi connectivity index (χ0) is 13.8. The van der Waals surface area contributed by atoms with Gasteiger partial charge in [0.2, 0.25) is 5.91 Å². The summed E-state index contributed by atoms with van der Waals surface area (Å²) in [5, 5.41) is 5.68. The Morgan fingerprint density at radius 2 is 2.20 bits per heavy atom. The van der Waals surface area contributed by atoms with Crippen molar-refractivity contribution in [3.05, 3.63) is 29.6 Å². The largest absolute Gasteiger partial charge is 0.358 e. The molecule has 0 bridgehead atoms. The van der Waals surface area contributed by atoms with E-state index in [4.69, 9.17) is 0 Å². The summed E-state index contributed by atoms with van der Waals surface area (Å²) in [7, 11) is 1.59. The lowest BCUT2D eigenvalue weighted by Crippen LogP contribution is -2.57. The summed E-state index contributed by atoms with van der Waals surface area (Å²) in [5.74, 6) is -0.178. The van der Waals surface area contributed by atoms with Gasteiger partial charge < -0.3 is 15.5 Å². The van der Waals surface area contributed by atoms with Gasteiger partial charge in [0.15, 0.2) is 0 Å². The normalized spacial score (nSPS) is 18.1. The third-order valence-corrected chi connectivity index (χ3v) is 3.18. The van der Waals surface area contributed by atoms with Crippen molar-refractivity contribution in [2.75, 3.05) is 26.7 Å². The lowest BCUT2D eigenvalue weighted by atomic mass is 10.1. The Morgan fingerprint density at radius 3 is 2.80 bits per heavy atom. The number of piperazine rings is 1. The number of pyridine rings is 1. The maximum absolute atomic E-state index is 12.3. The molecule has 0 aromatic carbocycles. The summed E-state index contributed by atoms with van der Waals surface area (Å²) in [4.78, 5) is 29.7. The Hall–Kier alpha value is -1.66. The summed E-state index contributed by atoms with van der Waals surface area (Å²) in [6, 6.07) is 3.23. The highest BCUT2D eigenvalue weighted by Gasteiger charge is 2.27. The van der Waals surface area contributed by atoms with E-state index in [0.717, 1.165) is 5.69 Å². The van der Waals surface area contributed by atoms with Gasteiger partial charge in [-0.3, -0.25) is 14.6 Å². The van der Waals surface area contributed by atoms with Gasteiger partial charge in [-0.05, 0) is 19.1 Å². The van der Waals surface area contributed by atoms with Gasteiger partial charge in [0.25, 0.3) is 5.91 Å². The van der Waals surface area contributed by atoms with Crippen molar-refractivity contribution in [3.63, 3.8) is 0 Å². The van der Waals surface area contributed by atoms with Crippen molar-refractivity contribution in [3.8, 4) is 0 Å². The number of rotatable bonds is 2. The molecule has 2 rings (SSSR count). The first-order valence-electron chi connectivity index (χ1n) is 6.28. The van der Waals surface area contributed by atoms with Gasteiger partial charge in [-0.2, -0.15) is 0 Å². The topological polar surface area (TPSA) is 74.3 Å². The van der Waals surface area contributed by atoms with Crippen LogP contribution in [0.2, 0.25) is 0 Å². The number of aryl methyl sites for hydroxylation is 1. The van der Waals surface area contributed by atoms with Crippen LogP contribution in [0.5, 0.6) is 0 Å². The molecule has 0 radical (unpaired) electrons. The Balaban J connectivity index is 0.00000200. The van der Waals surface area contributed by atoms with E-state index < -0.39 is 0 Å². The Morgan fingerprint density at radius 1 is 1.45 bits per heavy atom. The van der Waals surface area contributed by atoms with E-state index >= 15 is 0 Å². The predicted molar refractivity (Wildman–Crippen MR) is 78.0 cm³/mol. The SMILES string of the molecule is CNC(=O)C1CN(C(=O)c2ccc(C)nc2)CCN1.Cl. The van der Waals surface area contributed by atoms with E-state index in [2.05, 4.69) is 15.6 Å². The van der Waals surface area contributed by atoms with Gasteiger partial charge >= 0.3 is 0 Å². The lowest BCUT2D eigenvalue weighted by molar-refractivity contribution is -0.123. The van der Waals surface area contributed by atoms with Crippen molar-refractivity contribution < 1.29 is 9.59 Å². The number of halogens is 1. The molecular formula is C13H19ClN4O2. The molecule has 0 spiro atoms. The summed E-state index contributed by atoms with van der Waals surface area (Å²) < 4.78 is 0. The van der Waals surface area contributed by atoms with Crippen molar-refractivity contribution in [2.24, 2.45) is 0 Å². The average Bonchev–Trinajstić information content (AvgIpc) is 2.46.